The van der Waals surface area contributed by atoms with Crippen molar-refractivity contribution in [3.63, 3.8) is 0 Å². The number of nitrogens with one attached hydrogen (secondary N) is 1. The first-order valence-corrected chi connectivity index (χ1v) is 6.53. The predicted octanol–water partition coefficient (Wildman–Crippen LogP) is 2.57. The smallest absolute Gasteiger partial charge is 0.307 e. The van der Waals surface area contributed by atoms with E-state index in [4.69, 9.17) is 0 Å². The topological polar surface area (TPSA) is 85.1 Å². The Morgan fingerprint density at radius 1 is 1.43 bits per heavy atom. The lowest BCUT2D eigenvalue weighted by atomic mass is 10.1. The molecule has 2 aromatic rings. The molecule has 0 saturated heterocycles. The number of amides is 1. The van der Waals surface area contributed by atoms with E-state index in [0.29, 0.717) is 17.1 Å². The fourth-order valence-electron chi connectivity index (χ4n) is 1.58. The molecule has 1 heterocycles. The van der Waals surface area contributed by atoms with Gasteiger partial charge in [0, 0.05) is 11.1 Å². The van der Waals surface area contributed by atoms with Crippen LogP contribution in [0.2, 0.25) is 0 Å². The van der Waals surface area contributed by atoms with Crippen LogP contribution in [0.4, 0.5) is 14.5 Å². The molecule has 0 aliphatic rings. The summed E-state index contributed by atoms with van der Waals surface area (Å²) in [6, 6.07) is 0.897. The van der Waals surface area contributed by atoms with E-state index in [1.54, 1.807) is 6.20 Å². The minimum atomic E-state index is -1.27. The standard InChI is InChI=1S/C12H9F2N3O3S/c1-6-4-15-11(21-6)5-16-12(18)7-2-9(14)10(17(19)20)3-8(7)13/h2-4H,5H2,1H3,(H,16,18). The van der Waals surface area contributed by atoms with Crippen molar-refractivity contribution in [3.05, 3.63) is 55.5 Å². The number of aromatic nitrogens is 1. The summed E-state index contributed by atoms with van der Waals surface area (Å²) in [5.41, 5.74) is -1.61. The Morgan fingerprint density at radius 3 is 2.71 bits per heavy atom. The van der Waals surface area contributed by atoms with Gasteiger partial charge in [-0.05, 0) is 13.0 Å². The number of thiazole rings is 1. The van der Waals surface area contributed by atoms with Crippen molar-refractivity contribution >= 4 is 22.9 Å². The van der Waals surface area contributed by atoms with Gasteiger partial charge in [-0.15, -0.1) is 11.3 Å². The fourth-order valence-corrected chi connectivity index (χ4v) is 2.31. The van der Waals surface area contributed by atoms with Crippen molar-refractivity contribution in [2.24, 2.45) is 0 Å². The van der Waals surface area contributed by atoms with E-state index in [9.17, 15) is 23.7 Å². The van der Waals surface area contributed by atoms with Gasteiger partial charge in [0.15, 0.2) is 0 Å². The van der Waals surface area contributed by atoms with Crippen LogP contribution in [0, 0.1) is 28.7 Å². The fraction of sp³-hybridized carbons (Fsp3) is 0.167. The molecule has 2 rings (SSSR count). The highest BCUT2D eigenvalue weighted by Gasteiger charge is 2.22. The third-order valence-electron chi connectivity index (χ3n) is 2.55. The second kappa shape index (κ2) is 5.92. The molecule has 0 spiro atoms. The van der Waals surface area contributed by atoms with Crippen molar-refractivity contribution in [2.45, 2.75) is 13.5 Å². The Balaban J connectivity index is 2.15. The van der Waals surface area contributed by atoms with Gasteiger partial charge in [-0.25, -0.2) is 9.37 Å². The highest BCUT2D eigenvalue weighted by Crippen LogP contribution is 2.21. The van der Waals surface area contributed by atoms with Gasteiger partial charge in [0.05, 0.1) is 23.1 Å². The molecule has 0 bridgehead atoms. The maximum atomic E-state index is 13.6. The molecule has 0 aliphatic heterocycles. The number of rotatable bonds is 4. The summed E-state index contributed by atoms with van der Waals surface area (Å²) in [5, 5.41) is 13.5. The van der Waals surface area contributed by atoms with E-state index in [1.807, 2.05) is 6.92 Å². The van der Waals surface area contributed by atoms with Gasteiger partial charge in [0.1, 0.15) is 10.8 Å². The van der Waals surface area contributed by atoms with E-state index in [2.05, 4.69) is 10.3 Å². The summed E-state index contributed by atoms with van der Waals surface area (Å²) in [4.78, 5) is 26.1. The maximum absolute atomic E-state index is 13.6. The molecule has 0 fully saturated rings. The van der Waals surface area contributed by atoms with Gasteiger partial charge in [0.25, 0.3) is 5.91 Å². The quantitative estimate of drug-likeness (QED) is 0.694. The van der Waals surface area contributed by atoms with E-state index in [-0.39, 0.29) is 6.54 Å². The zero-order chi connectivity index (χ0) is 15.6. The van der Waals surface area contributed by atoms with Crippen LogP contribution in [-0.4, -0.2) is 15.8 Å². The number of halogens is 2. The maximum Gasteiger partial charge on any atom is 0.307 e. The molecule has 21 heavy (non-hydrogen) atoms. The highest BCUT2D eigenvalue weighted by atomic mass is 32.1. The number of hydrogen-bond acceptors (Lipinski definition) is 5. The van der Waals surface area contributed by atoms with Crippen LogP contribution in [0.15, 0.2) is 18.3 Å². The number of hydrogen-bond donors (Lipinski definition) is 1. The van der Waals surface area contributed by atoms with Crippen molar-refractivity contribution < 1.29 is 18.5 Å². The molecular formula is C12H9F2N3O3S. The van der Waals surface area contributed by atoms with Crippen LogP contribution in [0.1, 0.15) is 20.2 Å². The normalized spacial score (nSPS) is 10.4. The van der Waals surface area contributed by atoms with Crippen LogP contribution in [-0.2, 0) is 6.54 Å². The van der Waals surface area contributed by atoms with Crippen LogP contribution >= 0.6 is 11.3 Å². The third kappa shape index (κ3) is 3.37. The van der Waals surface area contributed by atoms with Gasteiger partial charge in [0.2, 0.25) is 5.82 Å². The lowest BCUT2D eigenvalue weighted by molar-refractivity contribution is -0.387. The molecule has 1 aromatic heterocycles. The lowest BCUT2D eigenvalue weighted by Crippen LogP contribution is -2.24. The first kappa shape index (κ1) is 15.0. The Bertz CT molecular complexity index is 718. The molecule has 6 nitrogen and oxygen atoms in total. The van der Waals surface area contributed by atoms with Crippen LogP contribution in [0.5, 0.6) is 0 Å². The average Bonchev–Trinajstić information content (AvgIpc) is 2.83. The van der Waals surface area contributed by atoms with Gasteiger partial charge in [-0.2, -0.15) is 4.39 Å². The number of benzene rings is 1. The summed E-state index contributed by atoms with van der Waals surface area (Å²) >= 11 is 1.36. The number of nitrogens with zero attached hydrogens (tertiary/aromatic N) is 2. The number of carbonyl (C=O) groups excluding carboxylic acids is 1. The molecule has 1 amide bonds. The summed E-state index contributed by atoms with van der Waals surface area (Å²) in [7, 11) is 0. The Hall–Kier alpha value is -2.42. The summed E-state index contributed by atoms with van der Waals surface area (Å²) in [5.74, 6) is -3.29. The molecular weight excluding hydrogens is 304 g/mol. The van der Waals surface area contributed by atoms with Crippen molar-refractivity contribution in [1.29, 1.82) is 0 Å². The second-order valence-electron chi connectivity index (χ2n) is 4.09. The molecule has 1 aromatic carbocycles. The first-order chi connectivity index (χ1) is 9.88. The van der Waals surface area contributed by atoms with Crippen LogP contribution in [0.3, 0.4) is 0 Å². The lowest BCUT2D eigenvalue weighted by Gasteiger charge is -2.05. The molecule has 0 saturated carbocycles. The summed E-state index contributed by atoms with van der Waals surface area (Å²) < 4.78 is 27.0. The number of aryl methyl sites for hydroxylation is 1. The molecule has 9 heteroatoms. The van der Waals surface area contributed by atoms with Crippen LogP contribution < -0.4 is 5.32 Å². The van der Waals surface area contributed by atoms with Crippen molar-refractivity contribution in [2.75, 3.05) is 0 Å². The van der Waals surface area contributed by atoms with E-state index in [0.717, 1.165) is 4.88 Å². The van der Waals surface area contributed by atoms with Gasteiger partial charge < -0.3 is 5.32 Å². The van der Waals surface area contributed by atoms with Gasteiger partial charge in [-0.1, -0.05) is 0 Å². The van der Waals surface area contributed by atoms with Crippen LogP contribution in [0.25, 0.3) is 0 Å². The first-order valence-electron chi connectivity index (χ1n) is 5.71. The zero-order valence-corrected chi connectivity index (χ0v) is 11.5. The number of nitro groups is 1. The molecule has 0 atom stereocenters. The Kier molecular flexibility index (Phi) is 4.22. The summed E-state index contributed by atoms with van der Waals surface area (Å²) in [6.07, 6.45) is 1.62. The Labute approximate surface area is 121 Å². The highest BCUT2D eigenvalue weighted by molar-refractivity contribution is 7.11. The third-order valence-corrected chi connectivity index (χ3v) is 3.46. The van der Waals surface area contributed by atoms with Crippen molar-refractivity contribution in [1.82, 2.24) is 10.3 Å². The molecule has 0 unspecified atom stereocenters. The molecule has 0 radical (unpaired) electrons. The number of carbonyl (C=O) groups is 1. The van der Waals surface area contributed by atoms with E-state index >= 15 is 0 Å². The predicted molar refractivity (Wildman–Crippen MR) is 71.0 cm³/mol. The Morgan fingerprint density at radius 2 is 2.14 bits per heavy atom. The van der Waals surface area contributed by atoms with Crippen molar-refractivity contribution in [3.8, 4) is 0 Å². The molecule has 110 valence electrons. The zero-order valence-electron chi connectivity index (χ0n) is 10.7. The van der Waals surface area contributed by atoms with E-state index in [1.165, 1.54) is 11.3 Å². The molecule has 0 aliphatic carbocycles. The van der Waals surface area contributed by atoms with E-state index < -0.39 is 33.7 Å². The summed E-state index contributed by atoms with van der Waals surface area (Å²) in [6.45, 7) is 1.91. The average molecular weight is 313 g/mol. The number of nitro benzene ring substituents is 1. The minimum absolute atomic E-state index is 0.0649. The SMILES string of the molecule is Cc1cnc(CNC(=O)c2cc(F)c([N+](=O)[O-])cc2F)s1. The molecule has 1 N–H and O–H groups in total. The van der Waals surface area contributed by atoms with Gasteiger partial charge in [-0.3, -0.25) is 14.9 Å². The minimum Gasteiger partial charge on any atom is -0.345 e. The largest absolute Gasteiger partial charge is 0.345 e. The monoisotopic (exact) mass is 313 g/mol. The second-order valence-corrected chi connectivity index (χ2v) is 5.41. The van der Waals surface area contributed by atoms with Gasteiger partial charge >= 0.3 is 5.69 Å².